The summed E-state index contributed by atoms with van der Waals surface area (Å²) in [6.07, 6.45) is 2.42. The molecular formula is C10H15N3O. The Balaban J connectivity index is 2.34. The van der Waals surface area contributed by atoms with E-state index in [0.717, 1.165) is 5.69 Å². The highest BCUT2D eigenvalue weighted by Crippen LogP contribution is 2.38. The van der Waals surface area contributed by atoms with Gasteiger partial charge in [-0.25, -0.2) is 4.68 Å². The highest BCUT2D eigenvalue weighted by Gasteiger charge is 2.30. The van der Waals surface area contributed by atoms with Crippen LogP contribution in [0.3, 0.4) is 0 Å². The molecule has 0 aromatic carbocycles. The molecule has 0 bridgehead atoms. The summed E-state index contributed by atoms with van der Waals surface area (Å²) in [7, 11) is 0. The first kappa shape index (κ1) is 9.40. The van der Waals surface area contributed by atoms with Crippen LogP contribution in [0.25, 0.3) is 0 Å². The summed E-state index contributed by atoms with van der Waals surface area (Å²) in [5.41, 5.74) is 6.23. The Morgan fingerprint density at radius 1 is 1.64 bits per heavy atom. The summed E-state index contributed by atoms with van der Waals surface area (Å²) < 4.78 is 1.57. The van der Waals surface area contributed by atoms with Crippen molar-refractivity contribution in [2.45, 2.75) is 32.4 Å². The molecule has 1 aliphatic rings. The van der Waals surface area contributed by atoms with Gasteiger partial charge >= 0.3 is 0 Å². The van der Waals surface area contributed by atoms with Crippen LogP contribution in [0.4, 0.5) is 0 Å². The van der Waals surface area contributed by atoms with Gasteiger partial charge in [0.1, 0.15) is 0 Å². The zero-order valence-corrected chi connectivity index (χ0v) is 8.31. The van der Waals surface area contributed by atoms with Gasteiger partial charge in [0.25, 0.3) is 5.56 Å². The van der Waals surface area contributed by atoms with Crippen LogP contribution in [0, 0.1) is 5.92 Å². The second-order valence-electron chi connectivity index (χ2n) is 3.89. The number of nitrogens with two attached hydrogens (primary N) is 1. The lowest BCUT2D eigenvalue weighted by molar-refractivity contribution is 0.414. The second kappa shape index (κ2) is 3.53. The molecule has 0 radical (unpaired) electrons. The van der Waals surface area contributed by atoms with Gasteiger partial charge in [0.15, 0.2) is 0 Å². The van der Waals surface area contributed by atoms with Gasteiger partial charge in [-0.2, -0.15) is 5.10 Å². The van der Waals surface area contributed by atoms with Gasteiger partial charge < -0.3 is 5.73 Å². The Morgan fingerprint density at radius 2 is 2.36 bits per heavy atom. The van der Waals surface area contributed by atoms with E-state index in [1.54, 1.807) is 16.8 Å². The van der Waals surface area contributed by atoms with E-state index in [2.05, 4.69) is 5.10 Å². The summed E-state index contributed by atoms with van der Waals surface area (Å²) >= 11 is 0. The predicted molar refractivity (Wildman–Crippen MR) is 53.8 cm³/mol. The molecule has 0 spiro atoms. The molecule has 1 aliphatic carbocycles. The minimum atomic E-state index is -0.0263. The fraction of sp³-hybridized carbons (Fsp3) is 0.600. The minimum Gasteiger partial charge on any atom is -0.325 e. The van der Waals surface area contributed by atoms with E-state index in [1.807, 2.05) is 6.92 Å². The van der Waals surface area contributed by atoms with Crippen LogP contribution < -0.4 is 11.3 Å². The van der Waals surface area contributed by atoms with Crippen LogP contribution in [-0.2, 0) is 6.54 Å². The molecule has 1 aromatic rings. The summed E-state index contributed by atoms with van der Waals surface area (Å²) in [5.74, 6) is 0.633. The molecule has 1 saturated carbocycles. The average molecular weight is 193 g/mol. The molecule has 0 aliphatic heterocycles. The fourth-order valence-corrected chi connectivity index (χ4v) is 1.64. The molecule has 1 fully saturated rings. The van der Waals surface area contributed by atoms with Crippen molar-refractivity contribution >= 4 is 0 Å². The molecule has 0 amide bonds. The predicted octanol–water partition coefficient (Wildman–Crippen LogP) is 0.673. The van der Waals surface area contributed by atoms with Crippen molar-refractivity contribution in [2.75, 3.05) is 0 Å². The Kier molecular flexibility index (Phi) is 2.37. The number of aromatic nitrogens is 2. The summed E-state index contributed by atoms with van der Waals surface area (Å²) in [4.78, 5) is 11.5. The average Bonchev–Trinajstić information content (AvgIpc) is 3.01. The smallest absolute Gasteiger partial charge is 0.267 e. The van der Waals surface area contributed by atoms with Crippen molar-refractivity contribution in [1.29, 1.82) is 0 Å². The van der Waals surface area contributed by atoms with Crippen LogP contribution in [0.2, 0.25) is 0 Å². The third kappa shape index (κ3) is 1.70. The molecule has 1 aromatic heterocycles. The van der Waals surface area contributed by atoms with Crippen molar-refractivity contribution < 1.29 is 0 Å². The van der Waals surface area contributed by atoms with E-state index < -0.39 is 0 Å². The van der Waals surface area contributed by atoms with E-state index in [4.69, 9.17) is 5.73 Å². The van der Waals surface area contributed by atoms with Crippen LogP contribution in [-0.4, -0.2) is 9.78 Å². The summed E-state index contributed by atoms with van der Waals surface area (Å²) in [6.45, 7) is 2.43. The molecule has 2 rings (SSSR count). The maximum Gasteiger partial charge on any atom is 0.267 e. The second-order valence-corrected chi connectivity index (χ2v) is 3.89. The maximum absolute atomic E-state index is 11.5. The number of rotatable bonds is 3. The van der Waals surface area contributed by atoms with Gasteiger partial charge in [-0.3, -0.25) is 4.79 Å². The summed E-state index contributed by atoms with van der Waals surface area (Å²) in [6, 6.07) is 3.46. The van der Waals surface area contributed by atoms with E-state index >= 15 is 0 Å². The molecule has 1 unspecified atom stereocenters. The largest absolute Gasteiger partial charge is 0.325 e. The number of nitrogens with zero attached hydrogens (tertiary/aromatic N) is 2. The first-order valence-electron chi connectivity index (χ1n) is 5.01. The minimum absolute atomic E-state index is 0.0263. The highest BCUT2D eigenvalue weighted by atomic mass is 16.1. The first-order valence-corrected chi connectivity index (χ1v) is 5.01. The molecule has 2 N–H and O–H groups in total. The zero-order valence-electron chi connectivity index (χ0n) is 8.31. The van der Waals surface area contributed by atoms with Crippen molar-refractivity contribution in [3.8, 4) is 0 Å². The highest BCUT2D eigenvalue weighted by molar-refractivity contribution is 5.00. The van der Waals surface area contributed by atoms with Gasteiger partial charge in [0.2, 0.25) is 0 Å². The molecule has 4 heteroatoms. The van der Waals surface area contributed by atoms with E-state index in [1.165, 1.54) is 12.8 Å². The molecule has 1 heterocycles. The third-order valence-electron chi connectivity index (χ3n) is 2.78. The van der Waals surface area contributed by atoms with Gasteiger partial charge in [0, 0.05) is 12.6 Å². The fourth-order valence-electron chi connectivity index (χ4n) is 1.64. The van der Waals surface area contributed by atoms with Gasteiger partial charge in [-0.05, 0) is 31.7 Å². The van der Waals surface area contributed by atoms with Crippen LogP contribution >= 0.6 is 0 Å². The Bertz CT molecular complexity index is 381. The molecule has 4 nitrogen and oxygen atoms in total. The van der Waals surface area contributed by atoms with Crippen molar-refractivity contribution in [3.63, 3.8) is 0 Å². The Morgan fingerprint density at radius 3 is 2.93 bits per heavy atom. The first-order chi connectivity index (χ1) is 6.72. The number of hydrogen-bond acceptors (Lipinski definition) is 3. The zero-order chi connectivity index (χ0) is 10.1. The maximum atomic E-state index is 11.5. The molecular weight excluding hydrogens is 178 g/mol. The number of hydrogen-bond donors (Lipinski definition) is 1. The summed E-state index contributed by atoms with van der Waals surface area (Å²) in [5, 5.41) is 4.23. The molecule has 14 heavy (non-hydrogen) atoms. The van der Waals surface area contributed by atoms with Gasteiger partial charge in [-0.1, -0.05) is 0 Å². The SMILES string of the molecule is CC(C1CC1)n1nc(CN)ccc1=O. The Labute approximate surface area is 82.7 Å². The normalized spacial score (nSPS) is 18.1. The third-order valence-corrected chi connectivity index (χ3v) is 2.78. The van der Waals surface area contributed by atoms with Gasteiger partial charge in [0.05, 0.1) is 11.7 Å². The lowest BCUT2D eigenvalue weighted by Gasteiger charge is -2.13. The lowest BCUT2D eigenvalue weighted by atomic mass is 10.2. The lowest BCUT2D eigenvalue weighted by Crippen LogP contribution is -2.27. The molecule has 76 valence electrons. The molecule has 0 saturated heterocycles. The monoisotopic (exact) mass is 193 g/mol. The van der Waals surface area contributed by atoms with Crippen molar-refractivity contribution in [2.24, 2.45) is 11.7 Å². The quantitative estimate of drug-likeness (QED) is 0.767. The standard InChI is InChI=1S/C10H15N3O/c1-7(8-2-3-8)13-10(14)5-4-9(6-11)12-13/h4-5,7-8H,2-3,6,11H2,1H3. The topological polar surface area (TPSA) is 60.9 Å². The van der Waals surface area contributed by atoms with Crippen LogP contribution in [0.15, 0.2) is 16.9 Å². The van der Waals surface area contributed by atoms with E-state index in [-0.39, 0.29) is 11.6 Å². The Hall–Kier alpha value is -1.16. The van der Waals surface area contributed by atoms with Crippen LogP contribution in [0.1, 0.15) is 31.5 Å². The van der Waals surface area contributed by atoms with Crippen molar-refractivity contribution in [1.82, 2.24) is 9.78 Å². The molecule has 1 atom stereocenters. The van der Waals surface area contributed by atoms with Gasteiger partial charge in [-0.15, -0.1) is 0 Å². The van der Waals surface area contributed by atoms with Crippen LogP contribution in [0.5, 0.6) is 0 Å². The van der Waals surface area contributed by atoms with E-state index in [0.29, 0.717) is 12.5 Å². The van der Waals surface area contributed by atoms with Crippen molar-refractivity contribution in [3.05, 3.63) is 28.2 Å². The van der Waals surface area contributed by atoms with E-state index in [9.17, 15) is 4.79 Å².